The Balaban J connectivity index is 2.04. The number of rotatable bonds is 6. The number of benzene rings is 1. The molecule has 1 saturated heterocycles. The lowest BCUT2D eigenvalue weighted by atomic mass is 9.98. The molecule has 1 aromatic carbocycles. The highest BCUT2D eigenvalue weighted by Crippen LogP contribution is 2.24. The maximum absolute atomic E-state index is 12.8. The Bertz CT molecular complexity index is 658. The zero-order chi connectivity index (χ0) is 17.7. The summed E-state index contributed by atoms with van der Waals surface area (Å²) in [5.41, 5.74) is 6.56. The lowest BCUT2D eigenvalue weighted by Gasteiger charge is -2.31. The average molecular weight is 353 g/mol. The van der Waals surface area contributed by atoms with Crippen LogP contribution in [-0.4, -0.2) is 44.8 Å². The van der Waals surface area contributed by atoms with E-state index >= 15 is 0 Å². The molecule has 1 aromatic rings. The van der Waals surface area contributed by atoms with Crippen molar-refractivity contribution in [3.05, 3.63) is 29.8 Å². The predicted molar refractivity (Wildman–Crippen MR) is 93.9 cm³/mol. The molecule has 1 amide bonds. The molecule has 24 heavy (non-hydrogen) atoms. The van der Waals surface area contributed by atoms with Gasteiger partial charge in [0.1, 0.15) is 0 Å². The van der Waals surface area contributed by atoms with Crippen LogP contribution in [-0.2, 0) is 14.8 Å². The van der Waals surface area contributed by atoms with Gasteiger partial charge in [-0.1, -0.05) is 24.6 Å². The summed E-state index contributed by atoms with van der Waals surface area (Å²) in [6.07, 6.45) is 1.40. The van der Waals surface area contributed by atoms with Crippen molar-refractivity contribution in [3.63, 3.8) is 0 Å². The Morgan fingerprint density at radius 3 is 2.67 bits per heavy atom. The number of carbonyl (C=O) groups is 1. The molecule has 1 heterocycles. The zero-order valence-corrected chi connectivity index (χ0v) is 15.2. The third kappa shape index (κ3) is 4.55. The SMILES string of the molecule is Cc1ccc(S(=O)(=O)N2CCCC(C(=O)NCC(C)CN)C2)cc1. The first kappa shape index (κ1) is 18.9. The molecule has 0 aromatic heterocycles. The fourth-order valence-corrected chi connectivity index (χ4v) is 4.26. The highest BCUT2D eigenvalue weighted by molar-refractivity contribution is 7.89. The Kier molecular flexibility index (Phi) is 6.37. The number of amides is 1. The van der Waals surface area contributed by atoms with Crippen LogP contribution in [0.4, 0.5) is 0 Å². The van der Waals surface area contributed by atoms with Crippen molar-refractivity contribution >= 4 is 15.9 Å². The fraction of sp³-hybridized carbons (Fsp3) is 0.588. The number of piperidine rings is 1. The molecule has 7 heteroatoms. The first-order valence-electron chi connectivity index (χ1n) is 8.39. The van der Waals surface area contributed by atoms with Gasteiger partial charge in [0.05, 0.1) is 10.8 Å². The Hall–Kier alpha value is -1.44. The lowest BCUT2D eigenvalue weighted by molar-refractivity contribution is -0.126. The van der Waals surface area contributed by atoms with Gasteiger partial charge in [0.2, 0.25) is 15.9 Å². The molecule has 1 aliphatic rings. The van der Waals surface area contributed by atoms with Gasteiger partial charge in [0, 0.05) is 19.6 Å². The Labute approximate surface area is 144 Å². The second-order valence-electron chi connectivity index (χ2n) is 6.60. The number of hydrogen-bond donors (Lipinski definition) is 2. The number of sulfonamides is 1. The fourth-order valence-electron chi connectivity index (χ4n) is 2.74. The molecule has 1 fully saturated rings. The van der Waals surface area contributed by atoms with E-state index in [2.05, 4.69) is 5.32 Å². The first-order valence-corrected chi connectivity index (χ1v) is 9.83. The predicted octanol–water partition coefficient (Wildman–Crippen LogP) is 1.11. The van der Waals surface area contributed by atoms with Gasteiger partial charge in [-0.05, 0) is 44.4 Å². The molecule has 0 saturated carbocycles. The normalized spacial score (nSPS) is 20.5. The van der Waals surface area contributed by atoms with Gasteiger partial charge in [-0.25, -0.2) is 8.42 Å². The monoisotopic (exact) mass is 353 g/mol. The summed E-state index contributed by atoms with van der Waals surface area (Å²) in [5.74, 6) is -0.173. The van der Waals surface area contributed by atoms with Gasteiger partial charge in [-0.3, -0.25) is 4.79 Å². The van der Waals surface area contributed by atoms with Crippen molar-refractivity contribution in [1.29, 1.82) is 0 Å². The van der Waals surface area contributed by atoms with E-state index in [-0.39, 0.29) is 29.2 Å². The molecular formula is C17H27N3O3S. The number of nitrogens with one attached hydrogen (secondary N) is 1. The van der Waals surface area contributed by atoms with Gasteiger partial charge in [-0.2, -0.15) is 4.31 Å². The van der Waals surface area contributed by atoms with E-state index < -0.39 is 10.0 Å². The largest absolute Gasteiger partial charge is 0.356 e. The van der Waals surface area contributed by atoms with E-state index in [0.717, 1.165) is 5.56 Å². The molecule has 134 valence electrons. The number of nitrogens with zero attached hydrogens (tertiary/aromatic N) is 1. The van der Waals surface area contributed by atoms with Crippen LogP contribution in [0, 0.1) is 18.8 Å². The lowest BCUT2D eigenvalue weighted by Crippen LogP contribution is -2.46. The molecule has 0 radical (unpaired) electrons. The molecule has 0 aliphatic carbocycles. The van der Waals surface area contributed by atoms with Crippen LogP contribution in [0.25, 0.3) is 0 Å². The van der Waals surface area contributed by atoms with Crippen molar-refractivity contribution < 1.29 is 13.2 Å². The molecule has 2 rings (SSSR count). The molecule has 3 N–H and O–H groups in total. The summed E-state index contributed by atoms with van der Waals surface area (Å²) in [4.78, 5) is 12.6. The van der Waals surface area contributed by atoms with Crippen LogP contribution in [0.1, 0.15) is 25.3 Å². The van der Waals surface area contributed by atoms with Crippen molar-refractivity contribution in [1.82, 2.24) is 9.62 Å². The molecule has 0 spiro atoms. The average Bonchev–Trinajstić information content (AvgIpc) is 2.59. The molecule has 1 aliphatic heterocycles. The minimum Gasteiger partial charge on any atom is -0.356 e. The van der Waals surface area contributed by atoms with Crippen molar-refractivity contribution in [3.8, 4) is 0 Å². The van der Waals surface area contributed by atoms with Crippen LogP contribution in [0.2, 0.25) is 0 Å². The van der Waals surface area contributed by atoms with Gasteiger partial charge < -0.3 is 11.1 Å². The van der Waals surface area contributed by atoms with Gasteiger partial charge in [0.25, 0.3) is 0 Å². The summed E-state index contributed by atoms with van der Waals surface area (Å²) in [5, 5.41) is 2.88. The van der Waals surface area contributed by atoms with E-state index in [0.29, 0.717) is 32.5 Å². The highest BCUT2D eigenvalue weighted by Gasteiger charge is 2.33. The second kappa shape index (κ2) is 8.09. The third-order valence-corrected chi connectivity index (χ3v) is 6.32. The molecule has 2 unspecified atom stereocenters. The van der Waals surface area contributed by atoms with Crippen LogP contribution < -0.4 is 11.1 Å². The van der Waals surface area contributed by atoms with Crippen molar-refractivity contribution in [2.75, 3.05) is 26.2 Å². The number of carbonyl (C=O) groups excluding carboxylic acids is 1. The summed E-state index contributed by atoms with van der Waals surface area (Å²) in [7, 11) is -3.55. The molecule has 2 atom stereocenters. The Morgan fingerprint density at radius 1 is 1.38 bits per heavy atom. The van der Waals surface area contributed by atoms with E-state index in [9.17, 15) is 13.2 Å². The zero-order valence-electron chi connectivity index (χ0n) is 14.4. The molecule has 0 bridgehead atoms. The van der Waals surface area contributed by atoms with Crippen molar-refractivity contribution in [2.24, 2.45) is 17.6 Å². The number of hydrogen-bond acceptors (Lipinski definition) is 4. The van der Waals surface area contributed by atoms with E-state index in [1.165, 1.54) is 4.31 Å². The Morgan fingerprint density at radius 2 is 2.04 bits per heavy atom. The van der Waals surface area contributed by atoms with Crippen LogP contribution in [0.5, 0.6) is 0 Å². The van der Waals surface area contributed by atoms with E-state index in [4.69, 9.17) is 5.73 Å². The van der Waals surface area contributed by atoms with Crippen LogP contribution in [0.3, 0.4) is 0 Å². The summed E-state index contributed by atoms with van der Waals surface area (Å²) < 4.78 is 26.9. The first-order chi connectivity index (χ1) is 11.3. The quantitative estimate of drug-likeness (QED) is 0.801. The van der Waals surface area contributed by atoms with E-state index in [1.54, 1.807) is 24.3 Å². The minimum absolute atomic E-state index is 0.0842. The number of aryl methyl sites for hydroxylation is 1. The van der Waals surface area contributed by atoms with Gasteiger partial charge >= 0.3 is 0 Å². The molecule has 6 nitrogen and oxygen atoms in total. The molecular weight excluding hydrogens is 326 g/mol. The minimum atomic E-state index is -3.55. The van der Waals surface area contributed by atoms with Crippen LogP contribution in [0.15, 0.2) is 29.2 Å². The standard InChI is InChI=1S/C17H27N3O3S/c1-13-5-7-16(8-6-13)24(22,23)20-9-3-4-15(12-20)17(21)19-11-14(2)10-18/h5-8,14-15H,3-4,9-12,18H2,1-2H3,(H,19,21). The summed E-state index contributed by atoms with van der Waals surface area (Å²) >= 11 is 0. The highest BCUT2D eigenvalue weighted by atomic mass is 32.2. The smallest absolute Gasteiger partial charge is 0.243 e. The number of nitrogens with two attached hydrogens (primary N) is 1. The topological polar surface area (TPSA) is 92.5 Å². The van der Waals surface area contributed by atoms with E-state index in [1.807, 2.05) is 13.8 Å². The van der Waals surface area contributed by atoms with Gasteiger partial charge in [-0.15, -0.1) is 0 Å². The second-order valence-corrected chi connectivity index (χ2v) is 8.54. The maximum Gasteiger partial charge on any atom is 0.243 e. The summed E-state index contributed by atoms with van der Waals surface area (Å²) in [6.45, 7) is 5.61. The van der Waals surface area contributed by atoms with Gasteiger partial charge in [0.15, 0.2) is 0 Å². The van der Waals surface area contributed by atoms with Crippen molar-refractivity contribution in [2.45, 2.75) is 31.6 Å². The van der Waals surface area contributed by atoms with Crippen LogP contribution >= 0.6 is 0 Å². The maximum atomic E-state index is 12.8. The third-order valence-electron chi connectivity index (χ3n) is 4.44. The summed E-state index contributed by atoms with van der Waals surface area (Å²) in [6, 6.07) is 6.82.